The highest BCUT2D eigenvalue weighted by molar-refractivity contribution is 6.31. The summed E-state index contributed by atoms with van der Waals surface area (Å²) in [4.78, 5) is 12.8. The number of carbonyl (C=O) groups is 1. The number of nitrogens with zero attached hydrogens (tertiary/aromatic N) is 1. The number of carbonyl (C=O) groups excluding carboxylic acids is 1. The molecule has 1 saturated carbocycles. The van der Waals surface area contributed by atoms with E-state index >= 15 is 0 Å². The molecule has 0 aromatic heterocycles. The lowest BCUT2D eigenvalue weighted by atomic mass is 10.0. The Kier molecular flexibility index (Phi) is 6.15. The van der Waals surface area contributed by atoms with Gasteiger partial charge in [0.05, 0.1) is 12.1 Å². The Hall–Kier alpha value is -2.56. The van der Waals surface area contributed by atoms with E-state index in [0.717, 1.165) is 0 Å². The normalized spacial score (nSPS) is 17.1. The maximum Gasteiger partial charge on any atom is 0.407 e. The summed E-state index contributed by atoms with van der Waals surface area (Å²) in [6.07, 6.45) is -3.70. The first-order valence-corrected chi connectivity index (χ1v) is 9.46. The van der Waals surface area contributed by atoms with Gasteiger partial charge in [-0.2, -0.15) is 18.4 Å². The van der Waals surface area contributed by atoms with Gasteiger partial charge in [-0.25, -0.2) is 0 Å². The summed E-state index contributed by atoms with van der Waals surface area (Å²) in [5.74, 6) is -0.658. The molecule has 8 heteroatoms. The van der Waals surface area contributed by atoms with Crippen LogP contribution in [0.4, 0.5) is 13.2 Å². The average Bonchev–Trinajstić information content (AvgIpc) is 3.46. The lowest BCUT2D eigenvalue weighted by Crippen LogP contribution is -2.52. The number of alkyl halides is 3. The minimum atomic E-state index is -4.62. The van der Waals surface area contributed by atoms with Crippen molar-refractivity contribution in [3.05, 3.63) is 70.7 Å². The second-order valence-corrected chi connectivity index (χ2v) is 7.49. The first-order valence-electron chi connectivity index (χ1n) is 9.08. The third kappa shape index (κ3) is 5.28. The average molecular weight is 422 g/mol. The van der Waals surface area contributed by atoms with Gasteiger partial charge < -0.3 is 5.32 Å². The van der Waals surface area contributed by atoms with Crippen LogP contribution in [-0.2, 0) is 11.2 Å². The summed E-state index contributed by atoms with van der Waals surface area (Å²) in [6.45, 7) is 0. The van der Waals surface area contributed by atoms with Gasteiger partial charge in [0.25, 0.3) is 0 Å². The van der Waals surface area contributed by atoms with E-state index in [1.165, 1.54) is 24.3 Å². The molecule has 2 atom stereocenters. The topological polar surface area (TPSA) is 64.9 Å². The highest BCUT2D eigenvalue weighted by Crippen LogP contribution is 2.36. The van der Waals surface area contributed by atoms with Crippen LogP contribution in [0.3, 0.4) is 0 Å². The van der Waals surface area contributed by atoms with E-state index in [1.54, 1.807) is 30.3 Å². The van der Waals surface area contributed by atoms with E-state index in [2.05, 4.69) is 10.6 Å². The van der Waals surface area contributed by atoms with Crippen molar-refractivity contribution in [2.45, 2.75) is 43.1 Å². The molecule has 0 aliphatic heterocycles. The number of nitrogens with one attached hydrogen (secondary N) is 2. The zero-order chi connectivity index (χ0) is 21.1. The van der Waals surface area contributed by atoms with Gasteiger partial charge in [0.15, 0.2) is 0 Å². The highest BCUT2D eigenvalue weighted by atomic mass is 35.5. The minimum absolute atomic E-state index is 0.00150. The van der Waals surface area contributed by atoms with Crippen LogP contribution in [0.2, 0.25) is 5.02 Å². The molecule has 1 aliphatic carbocycles. The largest absolute Gasteiger partial charge is 0.407 e. The van der Waals surface area contributed by atoms with E-state index in [1.807, 2.05) is 6.07 Å². The quantitative estimate of drug-likeness (QED) is 0.700. The van der Waals surface area contributed by atoms with Crippen molar-refractivity contribution in [2.75, 3.05) is 0 Å². The SMILES string of the molecule is N#CC1(NC(=O)C(Cc2ccccc2Cl)N[C@@H](c2ccccc2)C(F)(F)F)CC1. The van der Waals surface area contributed by atoms with Gasteiger partial charge in [-0.15, -0.1) is 0 Å². The molecular weight excluding hydrogens is 403 g/mol. The van der Waals surface area contributed by atoms with Gasteiger partial charge in [-0.3, -0.25) is 10.1 Å². The Morgan fingerprint density at radius 2 is 1.76 bits per heavy atom. The summed E-state index contributed by atoms with van der Waals surface area (Å²) >= 11 is 6.16. The van der Waals surface area contributed by atoms with Crippen LogP contribution in [-0.4, -0.2) is 23.7 Å². The predicted octanol–water partition coefficient (Wildman–Crippen LogP) is 4.32. The van der Waals surface area contributed by atoms with Crippen LogP contribution in [0.25, 0.3) is 0 Å². The summed E-state index contributed by atoms with van der Waals surface area (Å²) in [7, 11) is 0. The van der Waals surface area contributed by atoms with E-state index in [4.69, 9.17) is 11.6 Å². The fraction of sp³-hybridized carbons (Fsp3) is 0.333. The third-order valence-corrected chi connectivity index (χ3v) is 5.22. The molecule has 0 saturated heterocycles. The van der Waals surface area contributed by atoms with Gasteiger partial charge >= 0.3 is 6.18 Å². The molecule has 1 unspecified atom stereocenters. The van der Waals surface area contributed by atoms with Crippen LogP contribution >= 0.6 is 11.6 Å². The molecule has 0 bridgehead atoms. The molecule has 1 amide bonds. The minimum Gasteiger partial charge on any atom is -0.336 e. The fourth-order valence-corrected chi connectivity index (χ4v) is 3.26. The van der Waals surface area contributed by atoms with Crippen molar-refractivity contribution >= 4 is 17.5 Å². The maximum atomic E-state index is 13.8. The molecule has 3 rings (SSSR count). The molecule has 29 heavy (non-hydrogen) atoms. The predicted molar refractivity (Wildman–Crippen MR) is 103 cm³/mol. The number of rotatable bonds is 7. The Morgan fingerprint density at radius 3 is 2.31 bits per heavy atom. The second kappa shape index (κ2) is 8.44. The molecule has 2 aromatic rings. The number of amides is 1. The van der Waals surface area contributed by atoms with E-state index in [-0.39, 0.29) is 12.0 Å². The Bertz CT molecular complexity index is 907. The number of hydrogen-bond donors (Lipinski definition) is 2. The first kappa shape index (κ1) is 21.2. The highest BCUT2D eigenvalue weighted by Gasteiger charge is 2.47. The first-order chi connectivity index (χ1) is 13.7. The van der Waals surface area contributed by atoms with Gasteiger partial charge in [0.2, 0.25) is 5.91 Å². The lowest BCUT2D eigenvalue weighted by molar-refractivity contribution is -0.160. The third-order valence-electron chi connectivity index (χ3n) is 4.85. The molecule has 152 valence electrons. The molecule has 4 nitrogen and oxygen atoms in total. The number of nitriles is 1. The standard InChI is InChI=1S/C21H19ClF3N3O/c22-16-9-5-4-8-15(16)12-17(19(29)28-20(13-26)10-11-20)27-18(21(23,24)25)14-6-2-1-3-7-14/h1-9,17-18,27H,10-12H2,(H,28,29)/t17?,18-/m0/s1. The Balaban J connectivity index is 1.89. The van der Waals surface area contributed by atoms with Crippen LogP contribution in [0.15, 0.2) is 54.6 Å². The number of benzene rings is 2. The lowest BCUT2D eigenvalue weighted by Gasteiger charge is -2.28. The van der Waals surface area contributed by atoms with Gasteiger partial charge in [-0.1, -0.05) is 60.1 Å². The molecule has 0 heterocycles. The van der Waals surface area contributed by atoms with Gasteiger partial charge in [0, 0.05) is 5.02 Å². The molecule has 2 aromatic carbocycles. The van der Waals surface area contributed by atoms with Crippen LogP contribution in [0.5, 0.6) is 0 Å². The van der Waals surface area contributed by atoms with E-state index in [9.17, 15) is 23.2 Å². The molecule has 1 aliphatic rings. The molecular formula is C21H19ClF3N3O. The van der Waals surface area contributed by atoms with Crippen molar-refractivity contribution in [2.24, 2.45) is 0 Å². The van der Waals surface area contributed by atoms with Crippen LogP contribution in [0, 0.1) is 11.3 Å². The molecule has 0 spiro atoms. The smallest absolute Gasteiger partial charge is 0.336 e. The van der Waals surface area contributed by atoms with Crippen molar-refractivity contribution in [1.82, 2.24) is 10.6 Å². The second-order valence-electron chi connectivity index (χ2n) is 7.08. The number of halogens is 4. The van der Waals surface area contributed by atoms with Gasteiger partial charge in [0.1, 0.15) is 11.6 Å². The molecule has 1 fully saturated rings. The van der Waals surface area contributed by atoms with Crippen molar-refractivity contribution in [3.8, 4) is 6.07 Å². The van der Waals surface area contributed by atoms with Gasteiger partial charge in [-0.05, 0) is 36.5 Å². The Morgan fingerprint density at radius 1 is 1.14 bits per heavy atom. The molecule has 0 radical (unpaired) electrons. The Labute approximate surface area is 171 Å². The van der Waals surface area contributed by atoms with Crippen LogP contribution in [0.1, 0.15) is 30.0 Å². The summed E-state index contributed by atoms with van der Waals surface area (Å²) < 4.78 is 41.4. The van der Waals surface area contributed by atoms with E-state index < -0.39 is 29.7 Å². The fourth-order valence-electron chi connectivity index (χ4n) is 3.05. The maximum absolute atomic E-state index is 13.8. The summed E-state index contributed by atoms with van der Waals surface area (Å²) in [6, 6.07) is 12.8. The van der Waals surface area contributed by atoms with Crippen molar-refractivity contribution in [3.63, 3.8) is 0 Å². The summed E-state index contributed by atoms with van der Waals surface area (Å²) in [5, 5.41) is 14.6. The zero-order valence-corrected chi connectivity index (χ0v) is 16.1. The van der Waals surface area contributed by atoms with Crippen molar-refractivity contribution in [1.29, 1.82) is 5.26 Å². The van der Waals surface area contributed by atoms with E-state index in [0.29, 0.717) is 23.4 Å². The monoisotopic (exact) mass is 421 g/mol. The zero-order valence-electron chi connectivity index (χ0n) is 15.3. The summed E-state index contributed by atoms with van der Waals surface area (Å²) in [5.41, 5.74) is -0.450. The molecule has 2 N–H and O–H groups in total. The number of hydrogen-bond acceptors (Lipinski definition) is 3. The van der Waals surface area contributed by atoms with Crippen LogP contribution < -0.4 is 10.6 Å². The van der Waals surface area contributed by atoms with Crippen molar-refractivity contribution < 1.29 is 18.0 Å².